The summed E-state index contributed by atoms with van der Waals surface area (Å²) in [7, 11) is 0. The molecule has 1 saturated heterocycles. The second kappa shape index (κ2) is 13.1. The SMILES string of the molecule is O=C(Cn1c(-c2cc(NCc3ccc(Cl)s3)n(C(=O)c3ccccc3Cl)n2)ccc(N2CCOCC2)c1=O)c1cnccn1. The largest absolute Gasteiger partial charge is 0.378 e. The summed E-state index contributed by atoms with van der Waals surface area (Å²) in [6.07, 6.45) is 4.24. The maximum atomic E-state index is 14.0. The molecule has 1 N–H and O–H groups in total. The maximum absolute atomic E-state index is 14.0. The number of nitrogens with zero attached hydrogens (tertiary/aromatic N) is 6. The van der Waals surface area contributed by atoms with Crippen molar-refractivity contribution in [3.8, 4) is 11.4 Å². The molecule has 1 aromatic carbocycles. The first-order valence-electron chi connectivity index (χ1n) is 13.6. The average molecular weight is 651 g/mol. The summed E-state index contributed by atoms with van der Waals surface area (Å²) in [5, 5.41) is 8.16. The molecule has 1 aliphatic heterocycles. The van der Waals surface area contributed by atoms with Gasteiger partial charge in [0, 0.05) is 36.4 Å². The first-order valence-corrected chi connectivity index (χ1v) is 15.2. The molecule has 5 heterocycles. The number of carbonyl (C=O) groups excluding carboxylic acids is 2. The van der Waals surface area contributed by atoms with E-state index in [-0.39, 0.29) is 28.4 Å². The zero-order valence-corrected chi connectivity index (χ0v) is 25.5. The van der Waals surface area contributed by atoms with Crippen LogP contribution in [0.3, 0.4) is 0 Å². The summed E-state index contributed by atoms with van der Waals surface area (Å²) < 4.78 is 8.67. The van der Waals surface area contributed by atoms with Crippen molar-refractivity contribution in [1.29, 1.82) is 0 Å². The Labute approximate surface area is 265 Å². The van der Waals surface area contributed by atoms with Gasteiger partial charge in [-0.25, -0.2) is 4.98 Å². The highest BCUT2D eigenvalue weighted by molar-refractivity contribution is 7.16. The molecule has 1 fully saturated rings. The molecule has 14 heteroatoms. The molecule has 5 aromatic rings. The number of halogens is 2. The van der Waals surface area contributed by atoms with Crippen LogP contribution in [-0.2, 0) is 17.8 Å². The van der Waals surface area contributed by atoms with Gasteiger partial charge >= 0.3 is 0 Å². The lowest BCUT2D eigenvalue weighted by Gasteiger charge is -2.28. The summed E-state index contributed by atoms with van der Waals surface area (Å²) >= 11 is 13.9. The molecule has 4 aromatic heterocycles. The molecule has 0 unspecified atom stereocenters. The van der Waals surface area contributed by atoms with Gasteiger partial charge in [0.1, 0.15) is 22.9 Å². The molecular weight excluding hydrogens is 625 g/mol. The number of anilines is 2. The van der Waals surface area contributed by atoms with Crippen LogP contribution in [0.2, 0.25) is 9.36 Å². The predicted octanol–water partition coefficient (Wildman–Crippen LogP) is 4.89. The normalized spacial score (nSPS) is 13.2. The lowest BCUT2D eigenvalue weighted by molar-refractivity contribution is 0.0944. The van der Waals surface area contributed by atoms with Crippen molar-refractivity contribution in [3.63, 3.8) is 0 Å². The Hall–Kier alpha value is -4.36. The lowest BCUT2D eigenvalue weighted by Crippen LogP contribution is -2.41. The minimum Gasteiger partial charge on any atom is -0.378 e. The summed E-state index contributed by atoms with van der Waals surface area (Å²) in [6, 6.07) is 15.5. The smallest absolute Gasteiger partial charge is 0.281 e. The first-order chi connectivity index (χ1) is 21.4. The summed E-state index contributed by atoms with van der Waals surface area (Å²) in [6.45, 7) is 2.10. The number of benzene rings is 1. The molecule has 11 nitrogen and oxygen atoms in total. The van der Waals surface area contributed by atoms with E-state index in [1.165, 1.54) is 39.2 Å². The van der Waals surface area contributed by atoms with Gasteiger partial charge in [0.2, 0.25) is 5.78 Å². The molecule has 224 valence electrons. The minimum absolute atomic E-state index is 0.124. The number of hydrogen-bond acceptors (Lipinski definition) is 10. The van der Waals surface area contributed by atoms with Crippen LogP contribution >= 0.6 is 34.5 Å². The number of ketones is 1. The predicted molar refractivity (Wildman–Crippen MR) is 169 cm³/mol. The van der Waals surface area contributed by atoms with E-state index in [1.807, 2.05) is 11.0 Å². The van der Waals surface area contributed by atoms with Gasteiger partial charge in [0.25, 0.3) is 11.5 Å². The fourth-order valence-electron chi connectivity index (χ4n) is 4.82. The van der Waals surface area contributed by atoms with E-state index < -0.39 is 11.7 Å². The highest BCUT2D eigenvalue weighted by atomic mass is 35.5. The molecule has 6 rings (SSSR count). The van der Waals surface area contributed by atoms with Gasteiger partial charge < -0.3 is 15.0 Å². The Morgan fingerprint density at radius 2 is 1.84 bits per heavy atom. The molecule has 44 heavy (non-hydrogen) atoms. The van der Waals surface area contributed by atoms with Crippen LogP contribution in [0.5, 0.6) is 0 Å². The number of nitrogens with one attached hydrogen (secondary N) is 1. The molecule has 0 bridgehead atoms. The minimum atomic E-state index is -0.469. The highest BCUT2D eigenvalue weighted by Crippen LogP contribution is 2.28. The van der Waals surface area contributed by atoms with E-state index >= 15 is 0 Å². The Bertz CT molecular complexity index is 1880. The van der Waals surface area contributed by atoms with Crippen LogP contribution in [0.25, 0.3) is 11.4 Å². The summed E-state index contributed by atoms with van der Waals surface area (Å²) in [5.41, 5.74) is 1.08. The molecular formula is C30H25Cl2N7O4S. The van der Waals surface area contributed by atoms with Gasteiger partial charge in [0.05, 0.1) is 53.1 Å². The van der Waals surface area contributed by atoms with Crippen LogP contribution in [0.15, 0.2) is 78.0 Å². The number of pyridine rings is 1. The number of aromatic nitrogens is 5. The topological polar surface area (TPSA) is 124 Å². The Morgan fingerprint density at radius 1 is 1.02 bits per heavy atom. The number of thiophene rings is 1. The van der Waals surface area contributed by atoms with Crippen molar-refractivity contribution in [2.45, 2.75) is 13.1 Å². The van der Waals surface area contributed by atoms with Crippen LogP contribution in [0, 0.1) is 0 Å². The van der Waals surface area contributed by atoms with Crippen molar-refractivity contribution in [2.75, 3.05) is 36.5 Å². The van der Waals surface area contributed by atoms with E-state index in [0.29, 0.717) is 60.1 Å². The third kappa shape index (κ3) is 6.29. The van der Waals surface area contributed by atoms with Gasteiger partial charge in [-0.1, -0.05) is 35.3 Å². The molecule has 0 atom stereocenters. The average Bonchev–Trinajstić information content (AvgIpc) is 3.67. The second-order valence-electron chi connectivity index (χ2n) is 9.78. The van der Waals surface area contributed by atoms with Gasteiger partial charge in [-0.15, -0.1) is 11.3 Å². The van der Waals surface area contributed by atoms with Gasteiger partial charge in [-0.2, -0.15) is 9.78 Å². The number of carbonyl (C=O) groups is 2. The molecule has 1 aliphatic rings. The van der Waals surface area contributed by atoms with Crippen LogP contribution < -0.4 is 15.8 Å². The van der Waals surface area contributed by atoms with E-state index in [1.54, 1.807) is 48.5 Å². The van der Waals surface area contributed by atoms with Crippen molar-refractivity contribution < 1.29 is 14.3 Å². The van der Waals surface area contributed by atoms with Gasteiger partial charge in [0.15, 0.2) is 0 Å². The van der Waals surface area contributed by atoms with E-state index in [4.69, 9.17) is 27.9 Å². The molecule has 0 amide bonds. The van der Waals surface area contributed by atoms with E-state index in [0.717, 1.165) is 4.88 Å². The van der Waals surface area contributed by atoms with Crippen LogP contribution in [-0.4, -0.2) is 62.3 Å². The maximum Gasteiger partial charge on any atom is 0.281 e. The lowest BCUT2D eigenvalue weighted by atomic mass is 10.2. The summed E-state index contributed by atoms with van der Waals surface area (Å²) in [4.78, 5) is 52.0. The number of ether oxygens (including phenoxy) is 1. The zero-order valence-electron chi connectivity index (χ0n) is 23.2. The Morgan fingerprint density at radius 3 is 2.57 bits per heavy atom. The van der Waals surface area contributed by atoms with Crippen molar-refractivity contribution in [1.82, 2.24) is 24.3 Å². The first kappa shape index (κ1) is 29.7. The number of morpholine rings is 1. The van der Waals surface area contributed by atoms with Gasteiger partial charge in [-0.3, -0.25) is 23.9 Å². The standard InChI is InChI=1S/C30H25Cl2N7O4S/c31-21-4-2-1-3-20(21)29(41)39-28(35-16-19-5-8-27(32)44-19)15-22(36-39)24-6-7-25(37-11-13-43-14-12-37)30(42)38(24)18-26(40)23-17-33-9-10-34-23/h1-10,15,17,35H,11-14,16,18H2. The second-order valence-corrected chi connectivity index (χ2v) is 12.0. The zero-order chi connectivity index (χ0) is 30.6. The van der Waals surface area contributed by atoms with Crippen LogP contribution in [0.1, 0.15) is 25.7 Å². The van der Waals surface area contributed by atoms with E-state index in [9.17, 15) is 14.4 Å². The van der Waals surface area contributed by atoms with Crippen molar-refractivity contribution in [2.24, 2.45) is 0 Å². The third-order valence-corrected chi connectivity index (χ3v) is 8.56. The van der Waals surface area contributed by atoms with Gasteiger partial charge in [-0.05, 0) is 36.4 Å². The Kier molecular flexibility index (Phi) is 8.84. The van der Waals surface area contributed by atoms with Crippen molar-refractivity contribution >= 4 is 57.7 Å². The molecule has 0 spiro atoms. The quantitative estimate of drug-likeness (QED) is 0.222. The molecule has 0 saturated carbocycles. The fraction of sp³-hybridized carbons (Fsp3) is 0.200. The number of rotatable bonds is 9. The third-order valence-electron chi connectivity index (χ3n) is 7.00. The van der Waals surface area contributed by atoms with Crippen molar-refractivity contribution in [3.05, 3.63) is 109 Å². The monoisotopic (exact) mass is 649 g/mol. The molecule has 0 aliphatic carbocycles. The molecule has 0 radical (unpaired) electrons. The van der Waals surface area contributed by atoms with E-state index in [2.05, 4.69) is 20.4 Å². The van der Waals surface area contributed by atoms with Crippen LogP contribution in [0.4, 0.5) is 11.5 Å². The Balaban J connectivity index is 1.45. The number of Topliss-reactive ketones (excluding diaryl/α,β-unsaturated/α-hetero) is 1. The fourth-order valence-corrected chi connectivity index (χ4v) is 6.06. The highest BCUT2D eigenvalue weighted by Gasteiger charge is 2.24. The number of hydrogen-bond donors (Lipinski definition) is 1. The summed E-state index contributed by atoms with van der Waals surface area (Å²) in [5.74, 6) is -0.506.